The smallest absolute Gasteiger partial charge is 0.139 e. The molecule has 1 saturated heterocycles. The lowest BCUT2D eigenvalue weighted by Gasteiger charge is -2.36. The Bertz CT molecular complexity index is 593. The molecule has 0 radical (unpaired) electrons. The van der Waals surface area contributed by atoms with Crippen LogP contribution < -0.4 is 5.32 Å². The molecule has 108 valence electrons. The Kier molecular flexibility index (Phi) is 4.16. The number of piperidine rings is 1. The zero-order valence-electron chi connectivity index (χ0n) is 12.3. The fourth-order valence-corrected chi connectivity index (χ4v) is 3.28. The van der Waals surface area contributed by atoms with Gasteiger partial charge in [0.25, 0.3) is 0 Å². The monoisotopic (exact) mass is 279 g/mol. The third kappa shape index (κ3) is 2.91. The Labute approximate surface area is 126 Å². The molecule has 1 fully saturated rings. The van der Waals surface area contributed by atoms with Gasteiger partial charge in [0.2, 0.25) is 0 Å². The van der Waals surface area contributed by atoms with Gasteiger partial charge in [-0.15, -0.1) is 0 Å². The molecule has 1 aliphatic rings. The molecule has 0 spiro atoms. The fourth-order valence-electron chi connectivity index (χ4n) is 3.28. The number of carbonyl (C=O) groups is 1. The maximum atomic E-state index is 12.6. The summed E-state index contributed by atoms with van der Waals surface area (Å²) in [6, 6.07) is 20.8. The highest BCUT2D eigenvalue weighted by molar-refractivity contribution is 5.83. The number of hydrogen-bond acceptors (Lipinski definition) is 2. The summed E-state index contributed by atoms with van der Waals surface area (Å²) in [7, 11) is 0. The summed E-state index contributed by atoms with van der Waals surface area (Å²) < 4.78 is 0. The lowest BCUT2D eigenvalue weighted by Crippen LogP contribution is -2.42. The highest BCUT2D eigenvalue weighted by atomic mass is 16.1. The van der Waals surface area contributed by atoms with Gasteiger partial charge in [0.15, 0.2) is 0 Å². The molecule has 1 N–H and O–H groups in total. The van der Waals surface area contributed by atoms with Gasteiger partial charge < -0.3 is 5.32 Å². The molecule has 21 heavy (non-hydrogen) atoms. The Balaban J connectivity index is 1.91. The summed E-state index contributed by atoms with van der Waals surface area (Å²) in [5.74, 6) is 0.450. The van der Waals surface area contributed by atoms with Crippen LogP contribution in [0.5, 0.6) is 0 Å². The van der Waals surface area contributed by atoms with Crippen molar-refractivity contribution in [3.05, 3.63) is 71.8 Å². The number of nitrogens with one attached hydrogen (secondary N) is 1. The molecule has 2 aromatic carbocycles. The molecule has 2 nitrogen and oxygen atoms in total. The van der Waals surface area contributed by atoms with Crippen LogP contribution in [-0.2, 0) is 4.79 Å². The van der Waals surface area contributed by atoms with Crippen molar-refractivity contribution < 1.29 is 4.79 Å². The van der Waals surface area contributed by atoms with Crippen molar-refractivity contribution in [1.82, 2.24) is 5.32 Å². The van der Waals surface area contributed by atoms with Crippen LogP contribution in [0.15, 0.2) is 60.7 Å². The molecule has 0 saturated carbocycles. The molecule has 1 aliphatic heterocycles. The van der Waals surface area contributed by atoms with Crippen LogP contribution in [-0.4, -0.2) is 5.78 Å². The van der Waals surface area contributed by atoms with Crippen molar-refractivity contribution in [3.8, 4) is 0 Å². The third-order valence-electron chi connectivity index (χ3n) is 4.40. The predicted octanol–water partition coefficient (Wildman–Crippen LogP) is 4.06. The molecule has 2 heteroatoms. The van der Waals surface area contributed by atoms with E-state index in [0.29, 0.717) is 12.2 Å². The summed E-state index contributed by atoms with van der Waals surface area (Å²) in [6.07, 6.45) is 1.47. The van der Waals surface area contributed by atoms with E-state index in [1.165, 1.54) is 11.1 Å². The Morgan fingerprint density at radius 2 is 1.52 bits per heavy atom. The largest absolute Gasteiger partial charge is 0.302 e. The van der Waals surface area contributed by atoms with E-state index in [1.807, 2.05) is 36.4 Å². The van der Waals surface area contributed by atoms with Crippen LogP contribution in [0.25, 0.3) is 0 Å². The number of carbonyl (C=O) groups excluding carboxylic acids is 1. The van der Waals surface area contributed by atoms with Crippen molar-refractivity contribution in [1.29, 1.82) is 0 Å². The number of Topliss-reactive ketones (excluding diaryl/α,β-unsaturated/α-hetero) is 1. The van der Waals surface area contributed by atoms with E-state index in [0.717, 1.165) is 6.42 Å². The highest BCUT2D eigenvalue weighted by Gasteiger charge is 2.36. The predicted molar refractivity (Wildman–Crippen MR) is 84.9 cm³/mol. The summed E-state index contributed by atoms with van der Waals surface area (Å²) >= 11 is 0. The average Bonchev–Trinajstić information content (AvgIpc) is 2.55. The second-order valence-electron chi connectivity index (χ2n) is 5.70. The molecule has 1 heterocycles. The minimum absolute atomic E-state index is 0.0763. The van der Waals surface area contributed by atoms with Crippen LogP contribution in [0.1, 0.15) is 43.0 Å². The standard InChI is InChI=1S/C19H21NO/c1-2-16-18(21)13-17(14-9-5-3-6-10-14)20-19(16)15-11-7-4-8-12-15/h3-12,16-17,19-20H,2,13H2,1H3/t16-,17-,19+/m0/s1. The topological polar surface area (TPSA) is 29.1 Å². The van der Waals surface area contributed by atoms with E-state index in [2.05, 4.69) is 36.5 Å². The van der Waals surface area contributed by atoms with Crippen LogP contribution in [0.2, 0.25) is 0 Å². The third-order valence-corrected chi connectivity index (χ3v) is 4.40. The first kappa shape index (κ1) is 14.0. The minimum atomic E-state index is 0.0763. The number of rotatable bonds is 3. The highest BCUT2D eigenvalue weighted by Crippen LogP contribution is 2.36. The zero-order valence-corrected chi connectivity index (χ0v) is 12.3. The van der Waals surface area contributed by atoms with E-state index in [1.54, 1.807) is 0 Å². The zero-order chi connectivity index (χ0) is 14.7. The van der Waals surface area contributed by atoms with Crippen LogP contribution >= 0.6 is 0 Å². The number of benzene rings is 2. The van der Waals surface area contributed by atoms with Crippen LogP contribution in [0.3, 0.4) is 0 Å². The molecule has 0 unspecified atom stereocenters. The van der Waals surface area contributed by atoms with Gasteiger partial charge in [0.05, 0.1) is 0 Å². The van der Waals surface area contributed by atoms with Crippen molar-refractivity contribution in [2.75, 3.05) is 0 Å². The molecular weight excluding hydrogens is 258 g/mol. The second-order valence-corrected chi connectivity index (χ2v) is 5.70. The lowest BCUT2D eigenvalue weighted by atomic mass is 9.79. The molecule has 2 aromatic rings. The molecular formula is C19H21NO. The Morgan fingerprint density at radius 1 is 0.952 bits per heavy atom. The first-order chi connectivity index (χ1) is 10.3. The normalized spacial score (nSPS) is 25.8. The van der Waals surface area contributed by atoms with Crippen molar-refractivity contribution in [2.45, 2.75) is 31.8 Å². The van der Waals surface area contributed by atoms with Gasteiger partial charge in [-0.3, -0.25) is 4.79 Å². The van der Waals surface area contributed by atoms with E-state index >= 15 is 0 Å². The Hall–Kier alpha value is -1.93. The average molecular weight is 279 g/mol. The van der Waals surface area contributed by atoms with Gasteiger partial charge >= 0.3 is 0 Å². The van der Waals surface area contributed by atoms with Gasteiger partial charge in [-0.2, -0.15) is 0 Å². The summed E-state index contributed by atoms with van der Waals surface area (Å²) in [5, 5.41) is 3.70. The molecule has 0 aliphatic carbocycles. The molecule has 0 aromatic heterocycles. The summed E-state index contributed by atoms with van der Waals surface area (Å²) in [5.41, 5.74) is 2.40. The molecule has 3 atom stereocenters. The maximum absolute atomic E-state index is 12.6. The molecule has 0 bridgehead atoms. The SMILES string of the molecule is CC[C@H]1C(=O)C[C@@H](c2ccccc2)N[C@@H]1c1ccccc1. The van der Waals surface area contributed by atoms with E-state index in [-0.39, 0.29) is 18.0 Å². The van der Waals surface area contributed by atoms with E-state index < -0.39 is 0 Å². The van der Waals surface area contributed by atoms with Crippen molar-refractivity contribution in [3.63, 3.8) is 0 Å². The van der Waals surface area contributed by atoms with Gasteiger partial charge in [-0.25, -0.2) is 0 Å². The summed E-state index contributed by atoms with van der Waals surface area (Å²) in [4.78, 5) is 12.6. The second kappa shape index (κ2) is 6.23. The van der Waals surface area contributed by atoms with Crippen LogP contribution in [0, 0.1) is 5.92 Å². The Morgan fingerprint density at radius 3 is 2.10 bits per heavy atom. The van der Waals surface area contributed by atoms with E-state index in [4.69, 9.17) is 0 Å². The summed E-state index contributed by atoms with van der Waals surface area (Å²) in [6.45, 7) is 2.10. The first-order valence-corrected chi connectivity index (χ1v) is 7.68. The van der Waals surface area contributed by atoms with Gasteiger partial charge in [0, 0.05) is 24.4 Å². The quantitative estimate of drug-likeness (QED) is 0.918. The van der Waals surface area contributed by atoms with Gasteiger partial charge in [-0.05, 0) is 17.5 Å². The number of hydrogen-bond donors (Lipinski definition) is 1. The maximum Gasteiger partial charge on any atom is 0.139 e. The van der Waals surface area contributed by atoms with E-state index in [9.17, 15) is 4.79 Å². The number of ketones is 1. The molecule has 3 rings (SSSR count). The lowest BCUT2D eigenvalue weighted by molar-refractivity contribution is -0.126. The fraction of sp³-hybridized carbons (Fsp3) is 0.316. The molecule has 0 amide bonds. The van der Waals surface area contributed by atoms with Crippen molar-refractivity contribution in [2.24, 2.45) is 5.92 Å². The minimum Gasteiger partial charge on any atom is -0.302 e. The van der Waals surface area contributed by atoms with Gasteiger partial charge in [-0.1, -0.05) is 67.6 Å². The van der Waals surface area contributed by atoms with Crippen LogP contribution in [0.4, 0.5) is 0 Å². The first-order valence-electron chi connectivity index (χ1n) is 7.68. The van der Waals surface area contributed by atoms with Gasteiger partial charge in [0.1, 0.15) is 5.78 Å². The van der Waals surface area contributed by atoms with Crippen molar-refractivity contribution >= 4 is 5.78 Å².